The van der Waals surface area contributed by atoms with E-state index in [1.165, 1.54) is 0 Å². The molecular weight excluding hydrogens is 365 g/mol. The van der Waals surface area contributed by atoms with Crippen LogP contribution in [0.5, 0.6) is 0 Å². The van der Waals surface area contributed by atoms with Crippen molar-refractivity contribution in [2.75, 3.05) is 6.61 Å². The van der Waals surface area contributed by atoms with Crippen molar-refractivity contribution < 1.29 is 13.5 Å². The molecule has 2 N–H and O–H groups in total. The Morgan fingerprint density at radius 1 is 1.28 bits per heavy atom. The number of nitrogens with one attached hydrogen (secondary N) is 1. The molecule has 0 saturated heterocycles. The van der Waals surface area contributed by atoms with Crippen LogP contribution >= 0.6 is 22.6 Å². The predicted octanol–water partition coefficient (Wildman–Crippen LogP) is 1.73. The third-order valence-corrected chi connectivity index (χ3v) is 5.55. The third kappa shape index (κ3) is 3.23. The molecule has 0 amide bonds. The van der Waals surface area contributed by atoms with Crippen molar-refractivity contribution >= 4 is 32.6 Å². The van der Waals surface area contributed by atoms with E-state index in [0.717, 1.165) is 22.8 Å². The largest absolute Gasteiger partial charge is 0.396 e. The highest BCUT2D eigenvalue weighted by Gasteiger charge is 2.30. The maximum atomic E-state index is 12.2. The van der Waals surface area contributed by atoms with Crippen LogP contribution in [-0.2, 0) is 10.0 Å². The minimum atomic E-state index is -3.47. The zero-order valence-electron chi connectivity index (χ0n) is 9.84. The molecule has 1 aromatic rings. The van der Waals surface area contributed by atoms with Crippen molar-refractivity contribution in [1.82, 2.24) is 4.72 Å². The van der Waals surface area contributed by atoms with E-state index in [1.54, 1.807) is 24.3 Å². The molecule has 2 rings (SSSR count). The fourth-order valence-corrected chi connectivity index (χ4v) is 3.99. The number of aliphatic hydroxyl groups excluding tert-OH is 1. The SMILES string of the molecule is O=S(=O)(NC1CCCC1CO)c1ccc(I)cc1. The lowest BCUT2D eigenvalue weighted by atomic mass is 10.1. The molecule has 0 aliphatic heterocycles. The lowest BCUT2D eigenvalue weighted by Gasteiger charge is -2.19. The average Bonchev–Trinajstić information content (AvgIpc) is 2.76. The lowest BCUT2D eigenvalue weighted by molar-refractivity contribution is 0.213. The van der Waals surface area contributed by atoms with Gasteiger partial charge in [0, 0.05) is 16.2 Å². The second-order valence-corrected chi connectivity index (χ2v) is 7.51. The first-order valence-corrected chi connectivity index (χ1v) is 8.48. The molecular formula is C12H16INO3S. The monoisotopic (exact) mass is 381 g/mol. The molecule has 1 aliphatic rings. The molecule has 18 heavy (non-hydrogen) atoms. The maximum absolute atomic E-state index is 12.2. The Hall–Kier alpha value is -0.180. The molecule has 1 aromatic carbocycles. The van der Waals surface area contributed by atoms with Crippen LogP contribution < -0.4 is 4.72 Å². The number of sulfonamides is 1. The van der Waals surface area contributed by atoms with Crippen molar-refractivity contribution in [3.8, 4) is 0 Å². The van der Waals surface area contributed by atoms with Gasteiger partial charge in [0.15, 0.2) is 0 Å². The summed E-state index contributed by atoms with van der Waals surface area (Å²) in [6, 6.07) is 6.61. The molecule has 2 unspecified atom stereocenters. The summed E-state index contributed by atoms with van der Waals surface area (Å²) < 4.78 is 28.0. The van der Waals surface area contributed by atoms with E-state index < -0.39 is 10.0 Å². The molecule has 1 saturated carbocycles. The van der Waals surface area contributed by atoms with Crippen LogP contribution in [0, 0.1) is 9.49 Å². The summed E-state index contributed by atoms with van der Waals surface area (Å²) in [4.78, 5) is 0.284. The van der Waals surface area contributed by atoms with Gasteiger partial charge in [0.25, 0.3) is 0 Å². The summed E-state index contributed by atoms with van der Waals surface area (Å²) in [5.74, 6) is 0.0450. The molecule has 0 spiro atoms. The van der Waals surface area contributed by atoms with Gasteiger partial charge in [-0.25, -0.2) is 13.1 Å². The second-order valence-electron chi connectivity index (χ2n) is 4.56. The molecule has 4 nitrogen and oxygen atoms in total. The summed E-state index contributed by atoms with van der Waals surface area (Å²) in [6.45, 7) is 0.0415. The minimum Gasteiger partial charge on any atom is -0.396 e. The summed E-state index contributed by atoms with van der Waals surface area (Å²) in [6.07, 6.45) is 2.65. The Kier molecular flexibility index (Phi) is 4.63. The van der Waals surface area contributed by atoms with Crippen LogP contribution in [0.3, 0.4) is 0 Å². The number of hydrogen-bond acceptors (Lipinski definition) is 3. The highest BCUT2D eigenvalue weighted by molar-refractivity contribution is 14.1. The number of halogens is 1. The van der Waals surface area contributed by atoms with Crippen molar-refractivity contribution in [3.63, 3.8) is 0 Å². The van der Waals surface area contributed by atoms with Gasteiger partial charge in [-0.3, -0.25) is 0 Å². The fourth-order valence-electron chi connectivity index (χ4n) is 2.29. The molecule has 0 heterocycles. The van der Waals surface area contributed by atoms with Crippen molar-refractivity contribution in [2.45, 2.75) is 30.2 Å². The van der Waals surface area contributed by atoms with Gasteiger partial charge in [0.1, 0.15) is 0 Å². The normalized spacial score (nSPS) is 24.3. The first-order valence-electron chi connectivity index (χ1n) is 5.91. The molecule has 1 aliphatic carbocycles. The number of rotatable bonds is 4. The zero-order valence-corrected chi connectivity index (χ0v) is 12.8. The van der Waals surface area contributed by atoms with Crippen LogP contribution in [0.15, 0.2) is 29.2 Å². The van der Waals surface area contributed by atoms with E-state index in [-0.39, 0.29) is 23.5 Å². The Labute approximate surface area is 121 Å². The Morgan fingerprint density at radius 3 is 2.56 bits per heavy atom. The first kappa shape index (κ1) is 14.2. The predicted molar refractivity (Wildman–Crippen MR) is 77.7 cm³/mol. The minimum absolute atomic E-state index is 0.0415. The highest BCUT2D eigenvalue weighted by atomic mass is 127. The van der Waals surface area contributed by atoms with Gasteiger partial charge in [-0.1, -0.05) is 6.42 Å². The quantitative estimate of drug-likeness (QED) is 0.781. The standard InChI is InChI=1S/C12H16INO3S/c13-10-4-6-11(7-5-10)18(16,17)14-12-3-1-2-9(12)8-15/h4-7,9,12,14-15H,1-3,8H2. The first-order chi connectivity index (χ1) is 8.53. The van der Waals surface area contributed by atoms with Gasteiger partial charge < -0.3 is 5.11 Å². The van der Waals surface area contributed by atoms with Gasteiger partial charge in [-0.15, -0.1) is 0 Å². The van der Waals surface area contributed by atoms with Crippen molar-refractivity contribution in [2.24, 2.45) is 5.92 Å². The van der Waals surface area contributed by atoms with Crippen LogP contribution in [0.4, 0.5) is 0 Å². The molecule has 0 radical (unpaired) electrons. The van der Waals surface area contributed by atoms with E-state index >= 15 is 0 Å². The summed E-state index contributed by atoms with van der Waals surface area (Å²) in [7, 11) is -3.47. The maximum Gasteiger partial charge on any atom is 0.240 e. The van der Waals surface area contributed by atoms with Gasteiger partial charge in [0.2, 0.25) is 10.0 Å². The topological polar surface area (TPSA) is 66.4 Å². The zero-order chi connectivity index (χ0) is 13.2. The van der Waals surface area contributed by atoms with Crippen LogP contribution in [0.25, 0.3) is 0 Å². The summed E-state index contributed by atoms with van der Waals surface area (Å²) in [5.41, 5.74) is 0. The molecule has 0 aromatic heterocycles. The van der Waals surface area contributed by atoms with Crippen LogP contribution in [0.2, 0.25) is 0 Å². The lowest BCUT2D eigenvalue weighted by Crippen LogP contribution is -2.38. The van der Waals surface area contributed by atoms with E-state index in [2.05, 4.69) is 27.3 Å². The molecule has 0 bridgehead atoms. The van der Waals surface area contributed by atoms with Crippen LogP contribution in [-0.4, -0.2) is 26.2 Å². The van der Waals surface area contributed by atoms with Crippen LogP contribution in [0.1, 0.15) is 19.3 Å². The Balaban J connectivity index is 2.14. The number of benzene rings is 1. The molecule has 100 valence electrons. The van der Waals surface area contributed by atoms with Gasteiger partial charge >= 0.3 is 0 Å². The second kappa shape index (κ2) is 5.85. The Morgan fingerprint density at radius 2 is 1.94 bits per heavy atom. The van der Waals surface area contributed by atoms with Gasteiger partial charge in [0.05, 0.1) is 4.90 Å². The Bertz CT molecular complexity index is 501. The third-order valence-electron chi connectivity index (χ3n) is 3.32. The summed E-state index contributed by atoms with van der Waals surface area (Å²) in [5, 5.41) is 9.20. The van der Waals surface area contributed by atoms with Crippen molar-refractivity contribution in [3.05, 3.63) is 27.8 Å². The van der Waals surface area contributed by atoms with Gasteiger partial charge in [-0.2, -0.15) is 0 Å². The number of hydrogen-bond donors (Lipinski definition) is 2. The molecule has 2 atom stereocenters. The van der Waals surface area contributed by atoms with E-state index in [0.29, 0.717) is 0 Å². The van der Waals surface area contributed by atoms with Crippen molar-refractivity contribution in [1.29, 1.82) is 0 Å². The van der Waals surface area contributed by atoms with Gasteiger partial charge in [-0.05, 0) is 65.6 Å². The van der Waals surface area contributed by atoms with E-state index in [1.807, 2.05) is 0 Å². The average molecular weight is 381 g/mol. The summed E-state index contributed by atoms with van der Waals surface area (Å²) >= 11 is 2.14. The number of aliphatic hydroxyl groups is 1. The van der Waals surface area contributed by atoms with E-state index in [9.17, 15) is 13.5 Å². The molecule has 6 heteroatoms. The van der Waals surface area contributed by atoms with E-state index in [4.69, 9.17) is 0 Å². The smallest absolute Gasteiger partial charge is 0.240 e. The highest BCUT2D eigenvalue weighted by Crippen LogP contribution is 2.26. The fraction of sp³-hybridized carbons (Fsp3) is 0.500. The molecule has 1 fully saturated rings.